The lowest BCUT2D eigenvalue weighted by Crippen LogP contribution is -2.30. The molecule has 0 spiro atoms. The van der Waals surface area contributed by atoms with Crippen LogP contribution in [0.5, 0.6) is 0 Å². The van der Waals surface area contributed by atoms with Crippen molar-refractivity contribution in [3.63, 3.8) is 0 Å². The standard InChI is InChI=1S/C13H16ClFN4/c1-8-10(7-19(2)18-8)12(17-16)6-9-4-3-5-11(15)13(9)14/h3-5,7,12,17H,6,16H2,1-2H3. The number of aromatic nitrogens is 2. The molecule has 0 aliphatic carbocycles. The topological polar surface area (TPSA) is 55.9 Å². The van der Waals surface area contributed by atoms with Gasteiger partial charge in [0.25, 0.3) is 0 Å². The van der Waals surface area contributed by atoms with E-state index in [1.807, 2.05) is 20.2 Å². The summed E-state index contributed by atoms with van der Waals surface area (Å²) >= 11 is 5.96. The maximum Gasteiger partial charge on any atom is 0.142 e. The maximum absolute atomic E-state index is 13.4. The highest BCUT2D eigenvalue weighted by Gasteiger charge is 2.18. The van der Waals surface area contributed by atoms with Crippen molar-refractivity contribution in [3.8, 4) is 0 Å². The number of nitrogens with one attached hydrogen (secondary N) is 1. The zero-order chi connectivity index (χ0) is 14.0. The Morgan fingerprint density at radius 3 is 2.84 bits per heavy atom. The van der Waals surface area contributed by atoms with Crippen LogP contribution in [0.25, 0.3) is 0 Å². The summed E-state index contributed by atoms with van der Waals surface area (Å²) in [5.74, 6) is 5.18. The van der Waals surface area contributed by atoms with Crippen LogP contribution in [0, 0.1) is 12.7 Å². The molecule has 1 heterocycles. The molecular weight excluding hydrogens is 267 g/mol. The third-order valence-corrected chi connectivity index (χ3v) is 3.51. The number of rotatable bonds is 4. The lowest BCUT2D eigenvalue weighted by Gasteiger charge is -2.16. The largest absolute Gasteiger partial charge is 0.275 e. The highest BCUT2D eigenvalue weighted by atomic mass is 35.5. The molecule has 0 saturated carbocycles. The Morgan fingerprint density at radius 1 is 1.53 bits per heavy atom. The maximum atomic E-state index is 13.4. The molecule has 4 nitrogen and oxygen atoms in total. The van der Waals surface area contributed by atoms with E-state index in [0.717, 1.165) is 11.3 Å². The Labute approximate surface area is 116 Å². The van der Waals surface area contributed by atoms with Gasteiger partial charge in [-0.25, -0.2) is 4.39 Å². The molecule has 0 radical (unpaired) electrons. The molecule has 19 heavy (non-hydrogen) atoms. The van der Waals surface area contributed by atoms with E-state index in [-0.39, 0.29) is 11.1 Å². The molecule has 0 fully saturated rings. The number of halogens is 2. The predicted octanol–water partition coefficient (Wildman–Crippen LogP) is 2.27. The Kier molecular flexibility index (Phi) is 4.19. The van der Waals surface area contributed by atoms with Crippen LogP contribution in [0.2, 0.25) is 5.02 Å². The molecule has 3 N–H and O–H groups in total. The Bertz CT molecular complexity index is 582. The second kappa shape index (κ2) is 5.69. The summed E-state index contributed by atoms with van der Waals surface area (Å²) in [4.78, 5) is 0. The molecule has 2 rings (SSSR count). The number of aryl methyl sites for hydroxylation is 2. The Hall–Kier alpha value is -1.43. The fraction of sp³-hybridized carbons (Fsp3) is 0.308. The minimum atomic E-state index is -0.419. The van der Waals surface area contributed by atoms with Gasteiger partial charge in [-0.3, -0.25) is 16.0 Å². The molecule has 2 aromatic rings. The lowest BCUT2D eigenvalue weighted by molar-refractivity contribution is 0.546. The third kappa shape index (κ3) is 2.94. The van der Waals surface area contributed by atoms with Crippen LogP contribution < -0.4 is 11.3 Å². The average Bonchev–Trinajstić information content (AvgIpc) is 2.70. The summed E-state index contributed by atoms with van der Waals surface area (Å²) in [6.45, 7) is 1.91. The molecule has 0 aliphatic heterocycles. The highest BCUT2D eigenvalue weighted by molar-refractivity contribution is 6.31. The second-order valence-corrected chi connectivity index (χ2v) is 4.86. The van der Waals surface area contributed by atoms with E-state index in [1.54, 1.807) is 16.8 Å². The van der Waals surface area contributed by atoms with Crippen molar-refractivity contribution in [1.29, 1.82) is 0 Å². The molecule has 6 heteroatoms. The SMILES string of the molecule is Cc1nn(C)cc1C(Cc1cccc(F)c1Cl)NN. The van der Waals surface area contributed by atoms with E-state index in [2.05, 4.69) is 10.5 Å². The number of hydrazine groups is 1. The van der Waals surface area contributed by atoms with Gasteiger partial charge in [0.15, 0.2) is 0 Å². The first kappa shape index (κ1) is 14.0. The van der Waals surface area contributed by atoms with E-state index in [9.17, 15) is 4.39 Å². The average molecular weight is 283 g/mol. The molecular formula is C13H16ClFN4. The summed E-state index contributed by atoms with van der Waals surface area (Å²) in [5, 5.41) is 4.42. The van der Waals surface area contributed by atoms with Gasteiger partial charge in [0.1, 0.15) is 5.82 Å². The Morgan fingerprint density at radius 2 is 2.26 bits per heavy atom. The van der Waals surface area contributed by atoms with Crippen LogP contribution in [0.4, 0.5) is 4.39 Å². The van der Waals surface area contributed by atoms with E-state index < -0.39 is 5.82 Å². The van der Waals surface area contributed by atoms with Crippen LogP contribution in [0.3, 0.4) is 0 Å². The van der Waals surface area contributed by atoms with Crippen molar-refractivity contribution in [3.05, 3.63) is 52.1 Å². The zero-order valence-electron chi connectivity index (χ0n) is 10.8. The minimum Gasteiger partial charge on any atom is -0.275 e. The summed E-state index contributed by atoms with van der Waals surface area (Å²) < 4.78 is 15.1. The van der Waals surface area contributed by atoms with Gasteiger partial charge in [0, 0.05) is 18.8 Å². The van der Waals surface area contributed by atoms with Crippen molar-refractivity contribution in [2.75, 3.05) is 0 Å². The van der Waals surface area contributed by atoms with Gasteiger partial charge in [-0.15, -0.1) is 0 Å². The molecule has 0 amide bonds. The molecule has 0 aliphatic rings. The summed E-state index contributed by atoms with van der Waals surface area (Å²) in [6, 6.07) is 4.61. The van der Waals surface area contributed by atoms with Crippen LogP contribution in [0.1, 0.15) is 22.9 Å². The van der Waals surface area contributed by atoms with Crippen molar-refractivity contribution in [1.82, 2.24) is 15.2 Å². The fourth-order valence-electron chi connectivity index (χ4n) is 2.14. The lowest BCUT2D eigenvalue weighted by atomic mass is 10.00. The number of hydrogen-bond donors (Lipinski definition) is 2. The molecule has 102 valence electrons. The molecule has 1 unspecified atom stereocenters. The monoisotopic (exact) mass is 282 g/mol. The second-order valence-electron chi connectivity index (χ2n) is 4.48. The van der Waals surface area contributed by atoms with Gasteiger partial charge in [-0.2, -0.15) is 5.10 Å². The zero-order valence-corrected chi connectivity index (χ0v) is 11.6. The molecule has 1 aromatic heterocycles. The van der Waals surface area contributed by atoms with Gasteiger partial charge in [-0.05, 0) is 25.0 Å². The van der Waals surface area contributed by atoms with Gasteiger partial charge in [-0.1, -0.05) is 23.7 Å². The summed E-state index contributed by atoms with van der Waals surface area (Å²) in [6.07, 6.45) is 2.40. The third-order valence-electron chi connectivity index (χ3n) is 3.08. The summed E-state index contributed by atoms with van der Waals surface area (Å²) in [7, 11) is 1.85. The molecule has 0 saturated heterocycles. The van der Waals surface area contributed by atoms with Gasteiger partial charge < -0.3 is 0 Å². The van der Waals surface area contributed by atoms with Crippen molar-refractivity contribution >= 4 is 11.6 Å². The van der Waals surface area contributed by atoms with Crippen LogP contribution in [0.15, 0.2) is 24.4 Å². The molecule has 0 bridgehead atoms. The normalized spacial score (nSPS) is 12.7. The van der Waals surface area contributed by atoms with E-state index in [0.29, 0.717) is 12.0 Å². The number of nitrogens with zero attached hydrogens (tertiary/aromatic N) is 2. The fourth-order valence-corrected chi connectivity index (χ4v) is 2.35. The number of benzene rings is 1. The van der Waals surface area contributed by atoms with Crippen LogP contribution in [-0.2, 0) is 13.5 Å². The van der Waals surface area contributed by atoms with Crippen LogP contribution in [-0.4, -0.2) is 9.78 Å². The first-order chi connectivity index (χ1) is 9.02. The Balaban J connectivity index is 2.29. The quantitative estimate of drug-likeness (QED) is 0.668. The van der Waals surface area contributed by atoms with E-state index >= 15 is 0 Å². The van der Waals surface area contributed by atoms with E-state index in [1.165, 1.54) is 6.07 Å². The van der Waals surface area contributed by atoms with Gasteiger partial charge in [0.05, 0.1) is 16.8 Å². The minimum absolute atomic E-state index is 0.143. The van der Waals surface area contributed by atoms with Gasteiger partial charge >= 0.3 is 0 Å². The first-order valence-electron chi connectivity index (χ1n) is 5.92. The van der Waals surface area contributed by atoms with Crippen molar-refractivity contribution in [2.24, 2.45) is 12.9 Å². The van der Waals surface area contributed by atoms with Crippen molar-refractivity contribution < 1.29 is 4.39 Å². The molecule has 1 atom stereocenters. The van der Waals surface area contributed by atoms with Gasteiger partial charge in [0.2, 0.25) is 0 Å². The van der Waals surface area contributed by atoms with Crippen LogP contribution >= 0.6 is 11.6 Å². The first-order valence-corrected chi connectivity index (χ1v) is 6.30. The van der Waals surface area contributed by atoms with E-state index in [4.69, 9.17) is 17.4 Å². The predicted molar refractivity (Wildman–Crippen MR) is 73.1 cm³/mol. The number of hydrogen-bond acceptors (Lipinski definition) is 3. The highest BCUT2D eigenvalue weighted by Crippen LogP contribution is 2.26. The molecule has 1 aromatic carbocycles. The van der Waals surface area contributed by atoms with Crippen molar-refractivity contribution in [2.45, 2.75) is 19.4 Å². The number of nitrogens with two attached hydrogens (primary N) is 1. The summed E-state index contributed by atoms with van der Waals surface area (Å²) in [5.41, 5.74) is 5.31. The smallest absolute Gasteiger partial charge is 0.142 e.